The van der Waals surface area contributed by atoms with Crippen LogP contribution >= 0.6 is 11.3 Å². The average molecular weight is 332 g/mol. The Labute approximate surface area is 139 Å². The molecule has 3 N–H and O–H groups in total. The lowest BCUT2D eigenvalue weighted by Crippen LogP contribution is -2.28. The lowest BCUT2D eigenvalue weighted by atomic mass is 10.0. The fourth-order valence-corrected chi connectivity index (χ4v) is 3.02. The number of aliphatic hydroxyl groups excluding tert-OH is 1. The van der Waals surface area contributed by atoms with Crippen molar-refractivity contribution in [3.05, 3.63) is 57.8 Å². The van der Waals surface area contributed by atoms with E-state index in [0.717, 1.165) is 10.4 Å². The van der Waals surface area contributed by atoms with E-state index in [9.17, 15) is 14.7 Å². The first-order valence-electron chi connectivity index (χ1n) is 7.40. The number of rotatable bonds is 7. The summed E-state index contributed by atoms with van der Waals surface area (Å²) >= 11 is 1.35. The molecule has 0 aliphatic carbocycles. The Kier molecular flexibility index (Phi) is 6.31. The van der Waals surface area contributed by atoms with Gasteiger partial charge in [-0.1, -0.05) is 30.3 Å². The topological polar surface area (TPSA) is 78.4 Å². The van der Waals surface area contributed by atoms with E-state index in [1.165, 1.54) is 18.3 Å². The minimum Gasteiger partial charge on any atom is -0.396 e. The minimum absolute atomic E-state index is 0.00192. The number of carbonyl (C=O) groups excluding carboxylic acids is 2. The van der Waals surface area contributed by atoms with Crippen LogP contribution in [0.1, 0.15) is 39.5 Å². The average Bonchev–Trinajstić information content (AvgIpc) is 3.02. The highest BCUT2D eigenvalue weighted by molar-refractivity contribution is 7.14. The molecule has 0 aliphatic heterocycles. The van der Waals surface area contributed by atoms with Crippen LogP contribution in [-0.4, -0.2) is 23.5 Å². The van der Waals surface area contributed by atoms with Gasteiger partial charge in [0.1, 0.15) is 0 Å². The number of hydrogen-bond acceptors (Lipinski definition) is 4. The predicted octanol–water partition coefficient (Wildman–Crippen LogP) is 2.24. The molecule has 1 heterocycles. The minimum atomic E-state index is -0.227. The number of amides is 2. The van der Waals surface area contributed by atoms with Crippen LogP contribution in [0.4, 0.5) is 0 Å². The molecule has 2 amide bonds. The van der Waals surface area contributed by atoms with Crippen molar-refractivity contribution in [1.29, 1.82) is 0 Å². The van der Waals surface area contributed by atoms with Crippen LogP contribution in [0.5, 0.6) is 0 Å². The lowest BCUT2D eigenvalue weighted by Gasteiger charge is -2.17. The summed E-state index contributed by atoms with van der Waals surface area (Å²) in [5.41, 5.74) is 0.963. The zero-order valence-corrected chi connectivity index (χ0v) is 13.7. The molecule has 0 radical (unpaired) electrons. The van der Waals surface area contributed by atoms with Crippen molar-refractivity contribution in [3.8, 4) is 0 Å². The number of hydrogen-bond donors (Lipinski definition) is 3. The first-order valence-corrected chi connectivity index (χ1v) is 8.21. The Morgan fingerprint density at radius 3 is 2.57 bits per heavy atom. The molecule has 0 bridgehead atoms. The molecule has 0 fully saturated rings. The molecule has 2 rings (SSSR count). The van der Waals surface area contributed by atoms with Crippen molar-refractivity contribution in [3.63, 3.8) is 0 Å². The van der Waals surface area contributed by atoms with Crippen molar-refractivity contribution >= 4 is 23.2 Å². The van der Waals surface area contributed by atoms with Gasteiger partial charge in [0.25, 0.3) is 5.91 Å². The largest absolute Gasteiger partial charge is 0.396 e. The van der Waals surface area contributed by atoms with Crippen LogP contribution in [0.25, 0.3) is 0 Å². The molecule has 2 aromatic rings. The second-order valence-electron chi connectivity index (χ2n) is 5.12. The molecule has 1 aromatic heterocycles. The fraction of sp³-hybridized carbons (Fsp3) is 0.294. The van der Waals surface area contributed by atoms with E-state index in [2.05, 4.69) is 10.6 Å². The van der Waals surface area contributed by atoms with E-state index in [1.807, 2.05) is 36.4 Å². The third-order valence-corrected chi connectivity index (χ3v) is 4.41. The van der Waals surface area contributed by atoms with Gasteiger partial charge in [-0.15, -0.1) is 11.3 Å². The van der Waals surface area contributed by atoms with Crippen molar-refractivity contribution in [2.45, 2.75) is 25.9 Å². The second kappa shape index (κ2) is 8.45. The van der Waals surface area contributed by atoms with Gasteiger partial charge in [-0.05, 0) is 24.1 Å². The van der Waals surface area contributed by atoms with Gasteiger partial charge in [0.15, 0.2) is 0 Å². The highest BCUT2D eigenvalue weighted by Crippen LogP contribution is 2.20. The Hall–Kier alpha value is -2.18. The van der Waals surface area contributed by atoms with Crippen LogP contribution in [0.3, 0.4) is 0 Å². The maximum Gasteiger partial charge on any atom is 0.261 e. The van der Waals surface area contributed by atoms with Gasteiger partial charge in [0.05, 0.1) is 17.5 Å². The molecule has 0 aliphatic rings. The summed E-state index contributed by atoms with van der Waals surface area (Å²) in [7, 11) is 0. The van der Waals surface area contributed by atoms with Gasteiger partial charge in [0.2, 0.25) is 5.91 Å². The molecule has 5 nitrogen and oxygen atoms in total. The molecular formula is C17H20N2O3S. The van der Waals surface area contributed by atoms with Crippen molar-refractivity contribution in [2.75, 3.05) is 6.61 Å². The maximum atomic E-state index is 12.4. The van der Waals surface area contributed by atoms with Crippen LogP contribution in [0.2, 0.25) is 0 Å². The summed E-state index contributed by atoms with van der Waals surface area (Å²) < 4.78 is 0. The lowest BCUT2D eigenvalue weighted by molar-refractivity contribution is -0.119. The quantitative estimate of drug-likeness (QED) is 0.727. The molecule has 1 unspecified atom stereocenters. The van der Waals surface area contributed by atoms with E-state index in [0.29, 0.717) is 17.8 Å². The molecule has 23 heavy (non-hydrogen) atoms. The highest BCUT2D eigenvalue weighted by Gasteiger charge is 2.16. The van der Waals surface area contributed by atoms with Gasteiger partial charge in [-0.2, -0.15) is 0 Å². The molecular weight excluding hydrogens is 312 g/mol. The summed E-state index contributed by atoms with van der Waals surface area (Å²) in [5, 5.41) is 14.9. The third-order valence-electron chi connectivity index (χ3n) is 3.32. The van der Waals surface area contributed by atoms with Gasteiger partial charge in [0, 0.05) is 18.4 Å². The van der Waals surface area contributed by atoms with E-state index in [-0.39, 0.29) is 24.5 Å². The molecule has 6 heteroatoms. The number of aliphatic hydroxyl groups is 1. The summed E-state index contributed by atoms with van der Waals surface area (Å²) in [6, 6.07) is 12.9. The van der Waals surface area contributed by atoms with Crippen molar-refractivity contribution in [2.24, 2.45) is 0 Å². The van der Waals surface area contributed by atoms with E-state index in [1.54, 1.807) is 6.07 Å². The number of thiophene rings is 1. The van der Waals surface area contributed by atoms with Gasteiger partial charge in [-0.25, -0.2) is 0 Å². The van der Waals surface area contributed by atoms with Crippen LogP contribution in [0, 0.1) is 0 Å². The van der Waals surface area contributed by atoms with E-state index >= 15 is 0 Å². The summed E-state index contributed by atoms with van der Waals surface area (Å²) in [4.78, 5) is 24.8. The molecule has 0 saturated heterocycles. The maximum absolute atomic E-state index is 12.4. The number of benzene rings is 1. The van der Waals surface area contributed by atoms with E-state index in [4.69, 9.17) is 0 Å². The first-order chi connectivity index (χ1) is 11.1. The first kappa shape index (κ1) is 17.2. The molecule has 1 aromatic carbocycles. The molecule has 1 atom stereocenters. The Morgan fingerprint density at radius 2 is 1.91 bits per heavy atom. The van der Waals surface area contributed by atoms with Crippen LogP contribution < -0.4 is 10.6 Å². The number of carbonyl (C=O) groups is 2. The monoisotopic (exact) mass is 332 g/mol. The van der Waals surface area contributed by atoms with Gasteiger partial charge >= 0.3 is 0 Å². The Balaban J connectivity index is 2.03. The molecule has 122 valence electrons. The highest BCUT2D eigenvalue weighted by atomic mass is 32.1. The van der Waals surface area contributed by atoms with Crippen LogP contribution in [-0.2, 0) is 11.3 Å². The zero-order valence-electron chi connectivity index (χ0n) is 12.9. The standard InChI is InChI=1S/C17H20N2O3S/c1-12(21)18-11-14-7-8-16(23-14)17(22)19-15(9-10-20)13-5-3-2-4-6-13/h2-8,15,20H,9-11H2,1H3,(H,18,21)(H,19,22). The van der Waals surface area contributed by atoms with Gasteiger partial charge in [-0.3, -0.25) is 9.59 Å². The SMILES string of the molecule is CC(=O)NCc1ccc(C(=O)NC(CCO)c2ccccc2)s1. The summed E-state index contributed by atoms with van der Waals surface area (Å²) in [5.74, 6) is -0.275. The van der Waals surface area contributed by atoms with Crippen molar-refractivity contribution < 1.29 is 14.7 Å². The fourth-order valence-electron chi connectivity index (χ4n) is 2.17. The van der Waals surface area contributed by atoms with E-state index < -0.39 is 0 Å². The Bertz CT molecular complexity index is 655. The van der Waals surface area contributed by atoms with Crippen LogP contribution in [0.15, 0.2) is 42.5 Å². The number of nitrogens with one attached hydrogen (secondary N) is 2. The zero-order chi connectivity index (χ0) is 16.7. The van der Waals surface area contributed by atoms with Gasteiger partial charge < -0.3 is 15.7 Å². The summed E-state index contributed by atoms with van der Waals surface area (Å²) in [6.45, 7) is 1.88. The normalized spacial score (nSPS) is 11.7. The second-order valence-corrected chi connectivity index (χ2v) is 6.29. The Morgan fingerprint density at radius 1 is 1.17 bits per heavy atom. The molecule has 0 saturated carbocycles. The smallest absolute Gasteiger partial charge is 0.261 e. The predicted molar refractivity (Wildman–Crippen MR) is 90.2 cm³/mol. The molecule has 0 spiro atoms. The summed E-state index contributed by atoms with van der Waals surface area (Å²) in [6.07, 6.45) is 0.458. The third kappa shape index (κ3) is 5.19. The van der Waals surface area contributed by atoms with Crippen molar-refractivity contribution in [1.82, 2.24) is 10.6 Å².